The lowest BCUT2D eigenvalue weighted by molar-refractivity contribution is -0.385. The zero-order valence-corrected chi connectivity index (χ0v) is 11.1. The van der Waals surface area contributed by atoms with E-state index in [-0.39, 0.29) is 17.5 Å². The Morgan fingerprint density at radius 2 is 2.21 bits per heavy atom. The fourth-order valence-corrected chi connectivity index (χ4v) is 1.83. The fraction of sp³-hybridized carbons (Fsp3) is 0.417. The van der Waals surface area contributed by atoms with Crippen molar-refractivity contribution >= 4 is 23.2 Å². The van der Waals surface area contributed by atoms with Crippen LogP contribution >= 0.6 is 11.6 Å². The van der Waals surface area contributed by atoms with Crippen LogP contribution in [0.2, 0.25) is 0 Å². The summed E-state index contributed by atoms with van der Waals surface area (Å²) in [7, 11) is 0. The zero-order valence-electron chi connectivity index (χ0n) is 10.4. The van der Waals surface area contributed by atoms with Crippen molar-refractivity contribution < 1.29 is 14.1 Å². The molecule has 0 aliphatic heterocycles. The summed E-state index contributed by atoms with van der Waals surface area (Å²) < 4.78 is 13.2. The number of halogens is 2. The highest BCUT2D eigenvalue weighted by atomic mass is 35.5. The maximum absolute atomic E-state index is 13.2. The number of hydrogen-bond acceptors (Lipinski definition) is 3. The maximum atomic E-state index is 13.2. The molecule has 19 heavy (non-hydrogen) atoms. The van der Waals surface area contributed by atoms with E-state index in [2.05, 4.69) is 5.32 Å². The second kappa shape index (κ2) is 7.04. The number of amides is 1. The summed E-state index contributed by atoms with van der Waals surface area (Å²) in [6.45, 7) is 2.20. The van der Waals surface area contributed by atoms with Gasteiger partial charge >= 0.3 is 0 Å². The highest BCUT2D eigenvalue weighted by Crippen LogP contribution is 2.16. The third-order valence-corrected chi connectivity index (χ3v) is 2.81. The second-order valence-electron chi connectivity index (χ2n) is 4.05. The van der Waals surface area contributed by atoms with Crippen LogP contribution in [-0.2, 0) is 0 Å². The Morgan fingerprint density at radius 1 is 1.53 bits per heavy atom. The Labute approximate surface area is 114 Å². The molecule has 0 aliphatic carbocycles. The summed E-state index contributed by atoms with van der Waals surface area (Å²) >= 11 is 5.93. The molecule has 5 nitrogen and oxygen atoms in total. The molecule has 7 heteroatoms. The van der Waals surface area contributed by atoms with E-state index in [9.17, 15) is 19.3 Å². The lowest BCUT2D eigenvalue weighted by Crippen LogP contribution is -2.29. The number of nitro groups is 1. The first kappa shape index (κ1) is 15.4. The average molecular weight is 289 g/mol. The fourth-order valence-electron chi connectivity index (χ4n) is 1.53. The quantitative estimate of drug-likeness (QED) is 0.497. The van der Waals surface area contributed by atoms with Gasteiger partial charge in [-0.05, 0) is 12.5 Å². The van der Waals surface area contributed by atoms with Crippen LogP contribution in [0.4, 0.5) is 10.1 Å². The first-order valence-electron chi connectivity index (χ1n) is 5.81. The van der Waals surface area contributed by atoms with Gasteiger partial charge in [0.15, 0.2) is 0 Å². The van der Waals surface area contributed by atoms with Gasteiger partial charge in [-0.2, -0.15) is 0 Å². The summed E-state index contributed by atoms with van der Waals surface area (Å²) in [5, 5.41) is 12.9. The van der Waals surface area contributed by atoms with Crippen molar-refractivity contribution in [1.82, 2.24) is 5.32 Å². The van der Waals surface area contributed by atoms with E-state index in [1.54, 1.807) is 0 Å². The van der Waals surface area contributed by atoms with Gasteiger partial charge in [0.05, 0.1) is 16.4 Å². The summed E-state index contributed by atoms with van der Waals surface area (Å²) in [6.07, 6.45) is 1.63. The monoisotopic (exact) mass is 288 g/mol. The molecule has 0 bridgehead atoms. The van der Waals surface area contributed by atoms with Crippen molar-refractivity contribution in [1.29, 1.82) is 0 Å². The normalized spacial score (nSPS) is 11.9. The molecule has 0 aromatic heterocycles. The number of carbonyl (C=O) groups is 1. The summed E-state index contributed by atoms with van der Waals surface area (Å²) in [5.74, 6) is -1.40. The van der Waals surface area contributed by atoms with Gasteiger partial charge in [0, 0.05) is 18.2 Å². The lowest BCUT2D eigenvalue weighted by Gasteiger charge is -2.09. The number of carbonyl (C=O) groups excluding carboxylic acids is 1. The molecule has 0 fully saturated rings. The number of alkyl halides is 1. The van der Waals surface area contributed by atoms with Gasteiger partial charge in [-0.1, -0.05) is 13.3 Å². The number of benzene rings is 1. The van der Waals surface area contributed by atoms with Crippen molar-refractivity contribution in [3.05, 3.63) is 39.7 Å². The molecule has 1 unspecified atom stereocenters. The number of hydrogen-bond donors (Lipinski definition) is 1. The zero-order chi connectivity index (χ0) is 14.4. The molecule has 1 rings (SSSR count). The van der Waals surface area contributed by atoms with E-state index in [0.29, 0.717) is 0 Å². The van der Waals surface area contributed by atoms with Crippen LogP contribution < -0.4 is 5.32 Å². The summed E-state index contributed by atoms with van der Waals surface area (Å²) in [4.78, 5) is 21.5. The summed E-state index contributed by atoms with van der Waals surface area (Å²) in [6, 6.07) is 2.74. The van der Waals surface area contributed by atoms with Gasteiger partial charge in [-0.3, -0.25) is 14.9 Å². The average Bonchev–Trinajstić information content (AvgIpc) is 2.35. The topological polar surface area (TPSA) is 72.2 Å². The maximum Gasteiger partial charge on any atom is 0.273 e. The highest BCUT2D eigenvalue weighted by molar-refractivity contribution is 6.20. The predicted molar refractivity (Wildman–Crippen MR) is 69.9 cm³/mol. The van der Waals surface area contributed by atoms with Crippen LogP contribution in [0.25, 0.3) is 0 Å². The van der Waals surface area contributed by atoms with Gasteiger partial charge in [-0.25, -0.2) is 4.39 Å². The van der Waals surface area contributed by atoms with Gasteiger partial charge in [0.25, 0.3) is 11.6 Å². The van der Waals surface area contributed by atoms with Gasteiger partial charge < -0.3 is 5.32 Å². The van der Waals surface area contributed by atoms with Crippen LogP contribution in [0, 0.1) is 15.9 Å². The second-order valence-corrected chi connectivity index (χ2v) is 4.67. The first-order chi connectivity index (χ1) is 8.93. The SMILES string of the molecule is CCCC(Cl)CNC(=O)c1cc(F)cc([N+](=O)[O-])c1. The van der Waals surface area contributed by atoms with Gasteiger partial charge in [0.2, 0.25) is 0 Å². The van der Waals surface area contributed by atoms with Crippen molar-refractivity contribution in [2.24, 2.45) is 0 Å². The molecule has 0 radical (unpaired) electrons. The molecule has 0 saturated carbocycles. The number of nitrogens with one attached hydrogen (secondary N) is 1. The molecular formula is C12H14ClFN2O3. The van der Waals surface area contributed by atoms with E-state index in [1.165, 1.54) is 0 Å². The third kappa shape index (κ3) is 4.82. The van der Waals surface area contributed by atoms with E-state index < -0.39 is 22.3 Å². The minimum Gasteiger partial charge on any atom is -0.351 e. The number of nitrogens with zero attached hydrogens (tertiary/aromatic N) is 1. The Hall–Kier alpha value is -1.69. The van der Waals surface area contributed by atoms with Crippen LogP contribution in [0.1, 0.15) is 30.1 Å². The van der Waals surface area contributed by atoms with Crippen molar-refractivity contribution in [3.8, 4) is 0 Å². The van der Waals surface area contributed by atoms with Crippen molar-refractivity contribution in [2.45, 2.75) is 25.1 Å². The minimum absolute atomic E-state index is 0.0907. The Balaban J connectivity index is 2.74. The van der Waals surface area contributed by atoms with Crippen LogP contribution in [-0.4, -0.2) is 22.8 Å². The number of rotatable bonds is 6. The molecule has 0 saturated heterocycles. The molecular weight excluding hydrogens is 275 g/mol. The van der Waals surface area contributed by atoms with E-state index in [1.807, 2.05) is 6.92 Å². The molecule has 1 atom stereocenters. The first-order valence-corrected chi connectivity index (χ1v) is 6.25. The van der Waals surface area contributed by atoms with E-state index >= 15 is 0 Å². The van der Waals surface area contributed by atoms with Crippen molar-refractivity contribution in [2.75, 3.05) is 6.54 Å². The highest BCUT2D eigenvalue weighted by Gasteiger charge is 2.15. The molecule has 0 aliphatic rings. The molecule has 1 amide bonds. The minimum atomic E-state index is -0.824. The Kier molecular flexibility index (Phi) is 5.69. The lowest BCUT2D eigenvalue weighted by atomic mass is 10.1. The van der Waals surface area contributed by atoms with Crippen LogP contribution in [0.15, 0.2) is 18.2 Å². The standard InChI is InChI=1S/C12H14ClFN2O3/c1-2-3-9(13)7-15-12(17)8-4-10(14)6-11(5-8)16(18)19/h4-6,9H,2-3,7H2,1H3,(H,15,17). The van der Waals surface area contributed by atoms with Gasteiger partial charge in [0.1, 0.15) is 5.82 Å². The molecule has 0 heterocycles. The molecule has 1 aromatic carbocycles. The number of non-ortho nitro benzene ring substituents is 1. The van der Waals surface area contributed by atoms with E-state index in [4.69, 9.17) is 11.6 Å². The molecule has 1 aromatic rings. The van der Waals surface area contributed by atoms with Gasteiger partial charge in [-0.15, -0.1) is 11.6 Å². The van der Waals surface area contributed by atoms with Crippen molar-refractivity contribution in [3.63, 3.8) is 0 Å². The van der Waals surface area contributed by atoms with Crippen LogP contribution in [0.3, 0.4) is 0 Å². The third-order valence-electron chi connectivity index (χ3n) is 2.44. The van der Waals surface area contributed by atoms with Crippen LogP contribution in [0.5, 0.6) is 0 Å². The molecule has 1 N–H and O–H groups in total. The largest absolute Gasteiger partial charge is 0.351 e. The molecule has 0 spiro atoms. The predicted octanol–water partition coefficient (Wildman–Crippen LogP) is 2.87. The number of nitro benzene ring substituents is 1. The Morgan fingerprint density at radius 3 is 2.79 bits per heavy atom. The molecule has 104 valence electrons. The smallest absolute Gasteiger partial charge is 0.273 e. The van der Waals surface area contributed by atoms with E-state index in [0.717, 1.165) is 31.0 Å². The summed E-state index contributed by atoms with van der Waals surface area (Å²) in [5.41, 5.74) is -0.548. The Bertz CT molecular complexity index is 482.